The van der Waals surface area contributed by atoms with Gasteiger partial charge in [0.15, 0.2) is 23.2 Å². The summed E-state index contributed by atoms with van der Waals surface area (Å²) < 4.78 is 1.68. The lowest BCUT2D eigenvalue weighted by molar-refractivity contribution is -0.684. The maximum Gasteiger partial charge on any atom is 0.290 e. The first-order chi connectivity index (χ1) is 26.0. The van der Waals surface area contributed by atoms with E-state index in [0.29, 0.717) is 24.2 Å². The predicted octanol–water partition coefficient (Wildman–Crippen LogP) is 0.783. The summed E-state index contributed by atoms with van der Waals surface area (Å²) >= 11 is 2.38. The van der Waals surface area contributed by atoms with Crippen LogP contribution in [0.5, 0.6) is 5.75 Å². The number of nitrogens with one attached hydrogen (secondary N) is 2. The molecule has 54 heavy (non-hydrogen) atoms. The zero-order valence-electron chi connectivity index (χ0n) is 28.8. The molecular formula is C36H36N8O8S2. The van der Waals surface area contributed by atoms with E-state index in [2.05, 4.69) is 20.8 Å². The van der Waals surface area contributed by atoms with E-state index >= 15 is 0 Å². The number of benzene rings is 1. The molecule has 16 nitrogen and oxygen atoms in total. The number of carbonyl (C=O) groups is 5. The molecule has 280 valence electrons. The van der Waals surface area contributed by atoms with Crippen molar-refractivity contribution >= 4 is 69.2 Å². The van der Waals surface area contributed by atoms with Crippen LogP contribution in [0.2, 0.25) is 0 Å². The van der Waals surface area contributed by atoms with Crippen LogP contribution < -0.4 is 26.0 Å². The number of allylic oxidation sites excluding steroid dienone is 1. The molecule has 0 unspecified atom stereocenters. The minimum Gasteiger partial charge on any atom is -0.543 e. The number of carboxylic acid groups (broad SMARTS) is 1. The summed E-state index contributed by atoms with van der Waals surface area (Å²) in [6.45, 7) is 0.646. The van der Waals surface area contributed by atoms with Gasteiger partial charge < -0.3 is 41.1 Å². The molecule has 0 spiro atoms. The molecular weight excluding hydrogens is 737 g/mol. The molecule has 2 aromatic heterocycles. The Morgan fingerprint density at radius 1 is 1.19 bits per heavy atom. The largest absolute Gasteiger partial charge is 0.543 e. The molecule has 18 heteroatoms. The molecule has 0 bridgehead atoms. The van der Waals surface area contributed by atoms with Crippen LogP contribution in [-0.2, 0) is 41.9 Å². The van der Waals surface area contributed by atoms with E-state index in [1.165, 1.54) is 30.0 Å². The predicted molar refractivity (Wildman–Crippen MR) is 195 cm³/mol. The molecule has 1 aromatic carbocycles. The Balaban J connectivity index is 1.00. The number of phenols is 1. The minimum atomic E-state index is -1.57. The number of hydrogen-bond acceptors (Lipinski definition) is 13. The van der Waals surface area contributed by atoms with Gasteiger partial charge in [-0.05, 0) is 62.0 Å². The first kappa shape index (κ1) is 36.6. The number of amides is 4. The van der Waals surface area contributed by atoms with Gasteiger partial charge in [-0.2, -0.15) is 4.57 Å². The summed E-state index contributed by atoms with van der Waals surface area (Å²) in [6.07, 6.45) is 8.85. The van der Waals surface area contributed by atoms with Gasteiger partial charge in [0, 0.05) is 46.6 Å². The molecule has 4 amide bonds. The molecule has 5 heterocycles. The summed E-state index contributed by atoms with van der Waals surface area (Å²) in [5.41, 5.74) is 7.42. The minimum absolute atomic E-state index is 0.00563. The van der Waals surface area contributed by atoms with Crippen LogP contribution in [0.15, 0.2) is 82.2 Å². The molecule has 1 aliphatic carbocycles. The number of anilines is 2. The number of likely N-dealkylation sites (tertiary alicyclic amines) is 1. The first-order valence-electron chi connectivity index (χ1n) is 17.3. The standard InChI is InChI=1S/C36H36N8O8S2/c37-36-39-26(19-54-36)28(41-52-25-8-1-2-9-25)31(47)40-29-33(49)44-30(35(50)51)22(18-53-34(29)44)13-21-10-12-43(32(21)48)16-20-5-4-11-42(15-20)17-27(46)38-23-6-3-7-24(45)14-23/h3-7,11,13-15,19,25,29,34H,1-2,8-10,12,16-18H2,(H5-,37,38,39,40,45,46,47,50,51)/t29-,34-/m1/s1. The van der Waals surface area contributed by atoms with Crippen molar-refractivity contribution in [2.45, 2.75) is 62.7 Å². The number of β-lactam (4-membered cyclic amide) rings is 1. The summed E-state index contributed by atoms with van der Waals surface area (Å²) in [6, 6.07) is 8.80. The Morgan fingerprint density at radius 2 is 2.00 bits per heavy atom. The number of thioether (sulfide) groups is 1. The van der Waals surface area contributed by atoms with Crippen LogP contribution >= 0.6 is 23.1 Å². The van der Waals surface area contributed by atoms with Gasteiger partial charge in [-0.1, -0.05) is 11.2 Å². The topological polar surface area (TPSA) is 224 Å². The number of hydrogen-bond donors (Lipinski definition) is 4. The molecule has 3 aliphatic heterocycles. The van der Waals surface area contributed by atoms with E-state index < -0.39 is 29.2 Å². The fraction of sp³-hybridized carbons (Fsp3) is 0.333. The zero-order chi connectivity index (χ0) is 37.9. The van der Waals surface area contributed by atoms with E-state index in [9.17, 15) is 34.2 Å². The normalized spacial score (nSPS) is 21.0. The van der Waals surface area contributed by atoms with E-state index in [1.807, 2.05) is 6.07 Å². The highest BCUT2D eigenvalue weighted by atomic mass is 32.2. The van der Waals surface area contributed by atoms with Crippen molar-refractivity contribution in [2.75, 3.05) is 23.3 Å². The highest BCUT2D eigenvalue weighted by molar-refractivity contribution is 8.00. The van der Waals surface area contributed by atoms with Crippen LogP contribution in [0.3, 0.4) is 0 Å². The average molecular weight is 773 g/mol. The maximum absolute atomic E-state index is 13.5. The number of rotatable bonds is 12. The monoisotopic (exact) mass is 772 g/mol. The Kier molecular flexibility index (Phi) is 10.6. The van der Waals surface area contributed by atoms with Crippen LogP contribution in [0.1, 0.15) is 43.4 Å². The average Bonchev–Trinajstić information content (AvgIpc) is 3.90. The molecule has 5 N–H and O–H groups in total. The number of thiazole rings is 1. The number of pyridine rings is 1. The third kappa shape index (κ3) is 7.93. The molecule has 1 saturated carbocycles. The van der Waals surface area contributed by atoms with E-state index in [1.54, 1.807) is 45.4 Å². The summed E-state index contributed by atoms with van der Waals surface area (Å²) in [4.78, 5) is 77.9. The fourth-order valence-corrected chi connectivity index (χ4v) is 8.63. The van der Waals surface area contributed by atoms with Crippen molar-refractivity contribution in [1.29, 1.82) is 0 Å². The molecule has 0 radical (unpaired) electrons. The Bertz CT molecular complexity index is 2110. The zero-order valence-corrected chi connectivity index (χ0v) is 30.4. The lowest BCUT2D eigenvalue weighted by Gasteiger charge is -2.50. The number of nitrogen functional groups attached to an aromatic ring is 1. The smallest absolute Gasteiger partial charge is 0.290 e. The number of fused-ring (bicyclic) bond motifs is 1. The van der Waals surface area contributed by atoms with E-state index in [4.69, 9.17) is 10.6 Å². The Morgan fingerprint density at radius 3 is 2.74 bits per heavy atom. The van der Waals surface area contributed by atoms with Gasteiger partial charge >= 0.3 is 0 Å². The highest BCUT2D eigenvalue weighted by Crippen LogP contribution is 2.41. The lowest BCUT2D eigenvalue weighted by atomic mass is 10.0. The van der Waals surface area contributed by atoms with Gasteiger partial charge in [0.2, 0.25) is 12.5 Å². The Labute approximate surface area is 317 Å². The highest BCUT2D eigenvalue weighted by Gasteiger charge is 2.53. The summed E-state index contributed by atoms with van der Waals surface area (Å²) in [5.74, 6) is -3.31. The van der Waals surface area contributed by atoms with E-state index in [0.717, 1.165) is 47.5 Å². The number of carboxylic acids is 1. The van der Waals surface area contributed by atoms with Gasteiger partial charge in [0.05, 0.1) is 18.2 Å². The first-order valence-corrected chi connectivity index (χ1v) is 19.2. The molecule has 4 aliphatic rings. The molecule has 7 rings (SSSR count). The van der Waals surface area contributed by atoms with Gasteiger partial charge in [-0.15, -0.1) is 23.1 Å². The van der Waals surface area contributed by atoms with Crippen LogP contribution in [0.25, 0.3) is 0 Å². The lowest BCUT2D eigenvalue weighted by Crippen LogP contribution is -2.71. The van der Waals surface area contributed by atoms with Crippen molar-refractivity contribution in [2.24, 2.45) is 5.16 Å². The third-order valence-corrected chi connectivity index (χ3v) is 11.3. The molecule has 2 atom stereocenters. The number of aliphatic carboxylic acids is 1. The van der Waals surface area contributed by atoms with Crippen molar-refractivity contribution in [3.8, 4) is 5.75 Å². The quantitative estimate of drug-likeness (QED) is 0.0662. The maximum atomic E-state index is 13.5. The number of aromatic nitrogens is 2. The number of nitrogens with two attached hydrogens (primary N) is 1. The summed E-state index contributed by atoms with van der Waals surface area (Å²) in [7, 11) is 0. The number of aromatic hydroxyl groups is 1. The van der Waals surface area contributed by atoms with Gasteiger partial charge in [0.1, 0.15) is 29.0 Å². The third-order valence-electron chi connectivity index (χ3n) is 9.36. The van der Waals surface area contributed by atoms with Crippen LogP contribution in [0.4, 0.5) is 10.8 Å². The molecule has 3 fully saturated rings. The van der Waals surface area contributed by atoms with Crippen LogP contribution in [0, 0.1) is 0 Å². The number of carbonyl (C=O) groups excluding carboxylic acids is 5. The van der Waals surface area contributed by atoms with Crippen molar-refractivity contribution in [3.05, 3.63) is 88.3 Å². The Hall–Kier alpha value is -5.75. The summed E-state index contributed by atoms with van der Waals surface area (Å²) in [5, 5.41) is 32.7. The fourth-order valence-electron chi connectivity index (χ4n) is 6.78. The number of oxime groups is 1. The van der Waals surface area contributed by atoms with Crippen molar-refractivity contribution in [1.82, 2.24) is 20.1 Å². The van der Waals surface area contributed by atoms with Gasteiger partial charge in [-0.3, -0.25) is 24.1 Å². The SMILES string of the molecule is Nc1nc(C(=NOC2CCCC2)C(=O)N[C@@H]2C(=O)N3C(C(=O)[O-])=C(C=C4CCN(Cc5ccc[n+](CC(=O)Nc6cccc(O)c6)c5)C4=O)CS[C@H]23)cs1. The van der Waals surface area contributed by atoms with Crippen LogP contribution in [-0.4, -0.2) is 85.0 Å². The van der Waals surface area contributed by atoms with Gasteiger partial charge in [-0.25, -0.2) is 4.98 Å². The molecule has 2 saturated heterocycles. The van der Waals surface area contributed by atoms with Gasteiger partial charge in [0.25, 0.3) is 17.7 Å². The molecule has 3 aromatic rings. The van der Waals surface area contributed by atoms with Crippen molar-refractivity contribution in [3.63, 3.8) is 0 Å². The van der Waals surface area contributed by atoms with E-state index in [-0.39, 0.29) is 70.3 Å². The second-order valence-corrected chi connectivity index (χ2v) is 15.2. The second-order valence-electron chi connectivity index (χ2n) is 13.2. The second kappa shape index (κ2) is 15.7. The van der Waals surface area contributed by atoms with Crippen molar-refractivity contribution < 1.29 is 43.6 Å². The number of nitrogens with zero attached hydrogens (tertiary/aromatic N) is 5. The number of phenolic OH excluding ortho intramolecular Hbond substituents is 1.